The number of amides is 1. The molecule has 106 valence electrons. The molecule has 1 amide bonds. The van der Waals surface area contributed by atoms with E-state index in [0.29, 0.717) is 17.7 Å². The van der Waals surface area contributed by atoms with Gasteiger partial charge in [0.05, 0.1) is 6.04 Å². The highest BCUT2D eigenvalue weighted by molar-refractivity contribution is 5.81. The fraction of sp³-hybridized carbons (Fsp3) is 0.462. The van der Waals surface area contributed by atoms with E-state index in [0.717, 1.165) is 12.6 Å². The van der Waals surface area contributed by atoms with E-state index in [-0.39, 0.29) is 0 Å². The van der Waals surface area contributed by atoms with Crippen LogP contribution in [0.25, 0.3) is 0 Å². The number of halogens is 3. The fourth-order valence-electron chi connectivity index (χ4n) is 1.72. The van der Waals surface area contributed by atoms with Gasteiger partial charge in [-0.1, -0.05) is 30.3 Å². The highest BCUT2D eigenvalue weighted by Crippen LogP contribution is 2.16. The van der Waals surface area contributed by atoms with Crippen LogP contribution in [0, 0.1) is 0 Å². The zero-order valence-electron chi connectivity index (χ0n) is 10.7. The molecule has 0 heterocycles. The molecular formula is C13H17F3N2O. The van der Waals surface area contributed by atoms with Gasteiger partial charge in [0.2, 0.25) is 5.91 Å². The van der Waals surface area contributed by atoms with Crippen molar-refractivity contribution >= 4 is 5.91 Å². The number of nitrogens with zero attached hydrogens (tertiary/aromatic N) is 1. The minimum absolute atomic E-state index is 0.324. The Labute approximate surface area is 110 Å². The van der Waals surface area contributed by atoms with Crippen LogP contribution >= 0.6 is 0 Å². The largest absolute Gasteiger partial charge is 0.406 e. The fourth-order valence-corrected chi connectivity index (χ4v) is 1.72. The van der Waals surface area contributed by atoms with E-state index in [1.807, 2.05) is 30.3 Å². The summed E-state index contributed by atoms with van der Waals surface area (Å²) in [6, 6.07) is 8.45. The topological polar surface area (TPSA) is 46.3 Å². The Balaban J connectivity index is 2.44. The SMILES string of the molecule is CN(CC(F)(F)F)C(=O)C(N)CCc1ccccc1. The summed E-state index contributed by atoms with van der Waals surface area (Å²) in [6.45, 7) is -1.27. The minimum atomic E-state index is -4.40. The molecule has 0 aliphatic rings. The number of carbonyl (C=O) groups excluding carboxylic acids is 1. The third-order valence-corrected chi connectivity index (χ3v) is 2.70. The number of rotatable bonds is 5. The Bertz CT molecular complexity index is 406. The second kappa shape index (κ2) is 6.56. The molecule has 6 heteroatoms. The summed E-state index contributed by atoms with van der Waals surface area (Å²) in [5, 5.41) is 0. The summed E-state index contributed by atoms with van der Waals surface area (Å²) in [6.07, 6.45) is -3.51. The zero-order valence-corrected chi connectivity index (χ0v) is 10.7. The van der Waals surface area contributed by atoms with Gasteiger partial charge in [-0.05, 0) is 18.4 Å². The molecule has 2 N–H and O–H groups in total. The molecule has 0 fully saturated rings. The van der Waals surface area contributed by atoms with Crippen LogP contribution in [0.3, 0.4) is 0 Å². The Hall–Kier alpha value is -1.56. The van der Waals surface area contributed by atoms with Gasteiger partial charge in [-0.25, -0.2) is 0 Å². The third kappa shape index (κ3) is 5.74. The molecule has 0 spiro atoms. The first-order chi connectivity index (χ1) is 8.79. The molecule has 3 nitrogen and oxygen atoms in total. The molecule has 0 saturated heterocycles. The lowest BCUT2D eigenvalue weighted by molar-refractivity contribution is -0.159. The zero-order chi connectivity index (χ0) is 14.5. The van der Waals surface area contributed by atoms with E-state index < -0.39 is 24.7 Å². The van der Waals surface area contributed by atoms with Gasteiger partial charge >= 0.3 is 6.18 Å². The number of hydrogen-bond acceptors (Lipinski definition) is 2. The number of carbonyl (C=O) groups is 1. The number of nitrogens with two attached hydrogens (primary N) is 1. The van der Waals surface area contributed by atoms with Crippen LogP contribution in [0.2, 0.25) is 0 Å². The molecule has 0 bridgehead atoms. The van der Waals surface area contributed by atoms with E-state index in [1.165, 1.54) is 0 Å². The van der Waals surface area contributed by atoms with Gasteiger partial charge in [-0.3, -0.25) is 4.79 Å². The monoisotopic (exact) mass is 274 g/mol. The first-order valence-corrected chi connectivity index (χ1v) is 5.91. The molecule has 0 aromatic heterocycles. The average Bonchev–Trinajstić information content (AvgIpc) is 2.34. The van der Waals surface area contributed by atoms with Gasteiger partial charge in [0.15, 0.2) is 0 Å². The van der Waals surface area contributed by atoms with Gasteiger partial charge in [-0.2, -0.15) is 13.2 Å². The van der Waals surface area contributed by atoms with Crippen LogP contribution in [-0.4, -0.2) is 36.6 Å². The maximum Gasteiger partial charge on any atom is 0.406 e. The molecule has 19 heavy (non-hydrogen) atoms. The van der Waals surface area contributed by atoms with Gasteiger partial charge in [0.1, 0.15) is 6.54 Å². The van der Waals surface area contributed by atoms with Gasteiger partial charge in [0.25, 0.3) is 0 Å². The van der Waals surface area contributed by atoms with E-state index >= 15 is 0 Å². The quantitative estimate of drug-likeness (QED) is 0.892. The van der Waals surface area contributed by atoms with Crippen molar-refractivity contribution in [1.29, 1.82) is 0 Å². The maximum atomic E-state index is 12.1. The number of hydrogen-bond donors (Lipinski definition) is 1. The summed E-state index contributed by atoms with van der Waals surface area (Å²) in [5.74, 6) is -0.687. The van der Waals surface area contributed by atoms with Crippen molar-refractivity contribution in [3.05, 3.63) is 35.9 Å². The van der Waals surface area contributed by atoms with Gasteiger partial charge < -0.3 is 10.6 Å². The van der Waals surface area contributed by atoms with Crippen LogP contribution in [0.15, 0.2) is 30.3 Å². The third-order valence-electron chi connectivity index (χ3n) is 2.70. The second-order valence-corrected chi connectivity index (χ2v) is 4.44. The molecule has 1 aromatic carbocycles. The number of aryl methyl sites for hydroxylation is 1. The summed E-state index contributed by atoms with van der Waals surface area (Å²) in [5.41, 5.74) is 6.63. The lowest BCUT2D eigenvalue weighted by Gasteiger charge is -2.22. The Morgan fingerprint density at radius 2 is 1.89 bits per heavy atom. The van der Waals surface area contributed by atoms with Crippen molar-refractivity contribution in [3.8, 4) is 0 Å². The van der Waals surface area contributed by atoms with Gasteiger partial charge in [-0.15, -0.1) is 0 Å². The van der Waals surface area contributed by atoms with Crippen LogP contribution in [-0.2, 0) is 11.2 Å². The average molecular weight is 274 g/mol. The summed E-state index contributed by atoms with van der Waals surface area (Å²) >= 11 is 0. The summed E-state index contributed by atoms with van der Waals surface area (Å²) < 4.78 is 36.4. The summed E-state index contributed by atoms with van der Waals surface area (Å²) in [7, 11) is 1.11. The van der Waals surface area contributed by atoms with E-state index in [1.54, 1.807) is 0 Å². The molecule has 1 aromatic rings. The molecule has 0 aliphatic carbocycles. The molecule has 1 unspecified atom stereocenters. The molecule has 1 rings (SSSR count). The second-order valence-electron chi connectivity index (χ2n) is 4.44. The molecule has 0 aliphatic heterocycles. The van der Waals surface area contributed by atoms with Crippen molar-refractivity contribution in [1.82, 2.24) is 4.90 Å². The Morgan fingerprint density at radius 1 is 1.32 bits per heavy atom. The molecular weight excluding hydrogens is 257 g/mol. The highest BCUT2D eigenvalue weighted by atomic mass is 19.4. The first-order valence-electron chi connectivity index (χ1n) is 5.91. The van der Waals surface area contributed by atoms with Crippen molar-refractivity contribution < 1.29 is 18.0 Å². The lowest BCUT2D eigenvalue weighted by atomic mass is 10.1. The van der Waals surface area contributed by atoms with Crippen LogP contribution < -0.4 is 5.73 Å². The Kier molecular flexibility index (Phi) is 5.35. The van der Waals surface area contributed by atoms with E-state index in [4.69, 9.17) is 5.73 Å². The molecule has 0 radical (unpaired) electrons. The number of alkyl halides is 3. The predicted molar refractivity (Wildman–Crippen MR) is 66.4 cm³/mol. The Morgan fingerprint density at radius 3 is 2.42 bits per heavy atom. The van der Waals surface area contributed by atoms with Crippen LogP contribution in [0.1, 0.15) is 12.0 Å². The lowest BCUT2D eigenvalue weighted by Crippen LogP contribution is -2.45. The molecule has 0 saturated carbocycles. The van der Waals surface area contributed by atoms with Crippen molar-refractivity contribution in [2.24, 2.45) is 5.73 Å². The standard InChI is InChI=1S/C13H17F3N2O/c1-18(9-13(14,15)16)12(19)11(17)8-7-10-5-3-2-4-6-10/h2-6,11H,7-9,17H2,1H3. The normalized spacial score (nSPS) is 13.1. The van der Waals surface area contributed by atoms with Gasteiger partial charge in [0, 0.05) is 7.05 Å². The first kappa shape index (κ1) is 15.5. The van der Waals surface area contributed by atoms with Crippen LogP contribution in [0.5, 0.6) is 0 Å². The minimum Gasteiger partial charge on any atom is -0.335 e. The van der Waals surface area contributed by atoms with Crippen molar-refractivity contribution in [2.75, 3.05) is 13.6 Å². The number of likely N-dealkylation sites (N-methyl/N-ethyl adjacent to an activating group) is 1. The molecule has 1 atom stereocenters. The summed E-state index contributed by atoms with van der Waals surface area (Å²) in [4.78, 5) is 12.3. The number of benzene rings is 1. The highest BCUT2D eigenvalue weighted by Gasteiger charge is 2.32. The maximum absolute atomic E-state index is 12.1. The van der Waals surface area contributed by atoms with Crippen molar-refractivity contribution in [3.63, 3.8) is 0 Å². The smallest absolute Gasteiger partial charge is 0.335 e. The van der Waals surface area contributed by atoms with E-state index in [2.05, 4.69) is 0 Å². The predicted octanol–water partition coefficient (Wildman–Crippen LogP) is 1.97. The van der Waals surface area contributed by atoms with Crippen LogP contribution in [0.4, 0.5) is 13.2 Å². The van der Waals surface area contributed by atoms with E-state index in [9.17, 15) is 18.0 Å². The van der Waals surface area contributed by atoms with Crippen molar-refractivity contribution in [2.45, 2.75) is 25.1 Å².